The zero-order valence-corrected chi connectivity index (χ0v) is 6.51. The van der Waals surface area contributed by atoms with Crippen molar-refractivity contribution in [3.63, 3.8) is 0 Å². The lowest BCUT2D eigenvalue weighted by Crippen LogP contribution is -1.95. The Balaban J connectivity index is 3.46. The van der Waals surface area contributed by atoms with Crippen molar-refractivity contribution < 1.29 is 9.60 Å². The number of hydrogen-bond donors (Lipinski definition) is 0. The van der Waals surface area contributed by atoms with Gasteiger partial charge in [0, 0.05) is 21.7 Å². The molecule has 0 radical (unpaired) electrons. The first-order chi connectivity index (χ1) is 7.50. The van der Waals surface area contributed by atoms with E-state index in [1.807, 2.05) is 0 Å². The summed E-state index contributed by atoms with van der Waals surface area (Å²) in [6.07, 6.45) is 1.20. The molecule has 0 aliphatic carbocycles. The lowest BCUT2D eigenvalue weighted by atomic mass is 10.2. The van der Waals surface area contributed by atoms with Crippen molar-refractivity contribution in [1.82, 2.24) is 9.97 Å². The van der Waals surface area contributed by atoms with Crippen LogP contribution < -0.4 is 0 Å². The molecule has 0 spiro atoms. The lowest BCUT2D eigenvalue weighted by Gasteiger charge is -2.00. The van der Waals surface area contributed by atoms with Gasteiger partial charge in [-0.3, -0.25) is 0 Å². The Morgan fingerprint density at radius 1 is 1.80 bits per heavy atom. The second kappa shape index (κ2) is 3.10. The molecular formula is C7H9BrN2. The normalized spacial score (nSPS) is 24.3. The summed E-state index contributed by atoms with van der Waals surface area (Å²) >= 11 is 2.99. The molecule has 0 aliphatic rings. The summed E-state index contributed by atoms with van der Waals surface area (Å²) < 4.78 is 51.5. The quantitative estimate of drug-likeness (QED) is 0.662. The van der Waals surface area contributed by atoms with E-state index in [9.17, 15) is 0 Å². The molecule has 0 saturated carbocycles. The van der Waals surface area contributed by atoms with Crippen LogP contribution >= 0.6 is 15.9 Å². The molecule has 10 heavy (non-hydrogen) atoms. The third kappa shape index (κ3) is 1.77. The highest BCUT2D eigenvalue weighted by Gasteiger charge is 2.00. The van der Waals surface area contributed by atoms with E-state index in [-0.39, 0.29) is 4.60 Å². The van der Waals surface area contributed by atoms with E-state index in [2.05, 4.69) is 25.9 Å². The van der Waals surface area contributed by atoms with Gasteiger partial charge in [-0.2, -0.15) is 0 Å². The smallest absolute Gasteiger partial charge is 0.132 e. The van der Waals surface area contributed by atoms with Gasteiger partial charge in [-0.15, -0.1) is 0 Å². The van der Waals surface area contributed by atoms with E-state index in [0.717, 1.165) is 0 Å². The first-order valence-electron chi connectivity index (χ1n) is 5.99. The van der Waals surface area contributed by atoms with Crippen LogP contribution in [0.4, 0.5) is 0 Å². The van der Waals surface area contributed by atoms with Gasteiger partial charge in [0.1, 0.15) is 10.4 Å². The summed E-state index contributed by atoms with van der Waals surface area (Å²) in [6, 6.07) is 1.42. The van der Waals surface area contributed by atoms with E-state index in [4.69, 9.17) is 9.60 Å². The highest BCUT2D eigenvalue weighted by atomic mass is 79.9. The number of halogens is 1. The molecule has 0 unspecified atom stereocenters. The highest BCUT2D eigenvalue weighted by molar-refractivity contribution is 9.10. The monoisotopic (exact) mass is 207 g/mol. The molecule has 1 rings (SSSR count). The Labute approximate surface area is 78.7 Å². The van der Waals surface area contributed by atoms with E-state index in [1.54, 1.807) is 0 Å². The van der Waals surface area contributed by atoms with Crippen LogP contribution in [-0.4, -0.2) is 9.97 Å². The third-order valence-electron chi connectivity index (χ3n) is 0.845. The van der Waals surface area contributed by atoms with Gasteiger partial charge in [-0.25, -0.2) is 9.97 Å². The lowest BCUT2D eigenvalue weighted by molar-refractivity contribution is 0.769. The van der Waals surface area contributed by atoms with Crippen LogP contribution in [0.5, 0.6) is 0 Å². The maximum Gasteiger partial charge on any atom is 0.132 e. The first kappa shape index (κ1) is 2.55. The standard InChI is InChI=1S/C7H9BrN2/c1-5(2)7-9-4-3-6(8)10-7/h3-5H,1-2H3/i1D3,2D3,5D. The third-order valence-corrected chi connectivity index (χ3v) is 1.29. The molecule has 0 saturated heterocycles. The molecule has 0 N–H and O–H groups in total. The van der Waals surface area contributed by atoms with Gasteiger partial charge in [0.25, 0.3) is 0 Å². The Hall–Kier alpha value is -0.440. The molecule has 0 aliphatic heterocycles. The second-order valence-corrected chi connectivity index (χ2v) is 2.39. The molecule has 2 nitrogen and oxygen atoms in total. The van der Waals surface area contributed by atoms with Crippen molar-refractivity contribution in [1.29, 1.82) is 0 Å². The summed E-state index contributed by atoms with van der Waals surface area (Å²) in [5.74, 6) is -3.39. The van der Waals surface area contributed by atoms with Crippen LogP contribution in [0.15, 0.2) is 16.9 Å². The maximum atomic E-state index is 7.79. The number of aromatic nitrogens is 2. The van der Waals surface area contributed by atoms with Gasteiger partial charge in [0.2, 0.25) is 0 Å². The molecule has 54 valence electrons. The van der Waals surface area contributed by atoms with Crippen LogP contribution in [0.2, 0.25) is 0 Å². The zero-order chi connectivity index (χ0) is 13.5. The number of hydrogen-bond acceptors (Lipinski definition) is 2. The largest absolute Gasteiger partial charge is 0.241 e. The summed E-state index contributed by atoms with van der Waals surface area (Å²) in [5, 5.41) is 0. The molecule has 3 heteroatoms. The molecule has 0 fully saturated rings. The van der Waals surface area contributed by atoms with Gasteiger partial charge < -0.3 is 0 Å². The minimum Gasteiger partial charge on any atom is -0.241 e. The van der Waals surface area contributed by atoms with E-state index in [1.165, 1.54) is 12.3 Å². The fraction of sp³-hybridized carbons (Fsp3) is 0.429. The van der Waals surface area contributed by atoms with Gasteiger partial charge >= 0.3 is 0 Å². The van der Waals surface area contributed by atoms with Crippen molar-refractivity contribution >= 4 is 15.9 Å². The van der Waals surface area contributed by atoms with Crippen LogP contribution in [-0.2, 0) is 0 Å². The summed E-state index contributed by atoms with van der Waals surface area (Å²) in [7, 11) is 0. The molecule has 1 heterocycles. The molecular weight excluding hydrogens is 192 g/mol. The Bertz CT molecular complexity index is 399. The second-order valence-electron chi connectivity index (χ2n) is 1.58. The molecule has 1 aromatic heterocycles. The van der Waals surface area contributed by atoms with Crippen molar-refractivity contribution in [2.75, 3.05) is 0 Å². The minimum atomic E-state index is -3.06. The van der Waals surface area contributed by atoms with Crippen molar-refractivity contribution in [3.8, 4) is 0 Å². The fourth-order valence-corrected chi connectivity index (χ4v) is 0.743. The van der Waals surface area contributed by atoms with E-state index >= 15 is 0 Å². The topological polar surface area (TPSA) is 25.8 Å². The number of nitrogens with zero attached hydrogens (tertiary/aromatic N) is 2. The predicted octanol–water partition coefficient (Wildman–Crippen LogP) is 2.36. The van der Waals surface area contributed by atoms with E-state index in [0.29, 0.717) is 0 Å². The van der Waals surface area contributed by atoms with Gasteiger partial charge in [0.15, 0.2) is 0 Å². The minimum absolute atomic E-state index is 0.229. The van der Waals surface area contributed by atoms with E-state index < -0.39 is 25.4 Å². The molecule has 0 atom stereocenters. The number of rotatable bonds is 1. The Kier molecular flexibility index (Phi) is 0.792. The van der Waals surface area contributed by atoms with Gasteiger partial charge in [0.05, 0.1) is 0 Å². The first-order valence-corrected chi connectivity index (χ1v) is 3.28. The average molecular weight is 208 g/mol. The van der Waals surface area contributed by atoms with Gasteiger partial charge in [-0.1, -0.05) is 13.7 Å². The fourth-order valence-electron chi connectivity index (χ4n) is 0.457. The molecule has 0 bridgehead atoms. The molecule has 0 aromatic carbocycles. The summed E-state index contributed by atoms with van der Waals surface area (Å²) in [4.78, 5) is 7.27. The predicted molar refractivity (Wildman–Crippen MR) is 43.8 cm³/mol. The summed E-state index contributed by atoms with van der Waals surface area (Å²) in [6.45, 7) is -6.11. The highest BCUT2D eigenvalue weighted by Crippen LogP contribution is 2.10. The van der Waals surface area contributed by atoms with Gasteiger partial charge in [-0.05, 0) is 22.0 Å². The van der Waals surface area contributed by atoms with Crippen LogP contribution in [0.3, 0.4) is 0 Å². The Morgan fingerprint density at radius 3 is 3.20 bits per heavy atom. The maximum absolute atomic E-state index is 7.79. The van der Waals surface area contributed by atoms with Crippen LogP contribution in [0.1, 0.15) is 35.0 Å². The van der Waals surface area contributed by atoms with Crippen molar-refractivity contribution in [3.05, 3.63) is 22.7 Å². The van der Waals surface area contributed by atoms with Crippen LogP contribution in [0.25, 0.3) is 0 Å². The Morgan fingerprint density at radius 2 is 2.60 bits per heavy atom. The summed E-state index contributed by atoms with van der Waals surface area (Å²) in [5.41, 5.74) is 0. The molecule has 1 aromatic rings. The van der Waals surface area contributed by atoms with Crippen molar-refractivity contribution in [2.45, 2.75) is 19.6 Å². The average Bonchev–Trinajstić information content (AvgIpc) is 2.12. The van der Waals surface area contributed by atoms with Crippen molar-refractivity contribution in [2.24, 2.45) is 0 Å². The molecule has 0 amide bonds. The zero-order valence-electron chi connectivity index (χ0n) is 11.9. The SMILES string of the molecule is [2H]C([2H])([2H])C([2H])(c1nccc(Br)n1)C([2H])([2H])[2H]. The van der Waals surface area contributed by atoms with Crippen LogP contribution in [0, 0.1) is 0 Å².